The monoisotopic (exact) mass is 236 g/mol. The molecule has 1 fully saturated rings. The van der Waals surface area contributed by atoms with E-state index in [1.807, 2.05) is 10.9 Å². The molecule has 1 aromatic heterocycles. The van der Waals surface area contributed by atoms with Crippen LogP contribution in [0.2, 0.25) is 0 Å². The van der Waals surface area contributed by atoms with Gasteiger partial charge >= 0.3 is 0 Å². The number of piperidine rings is 1. The molecule has 0 aliphatic carbocycles. The Balaban J connectivity index is 1.68. The van der Waals surface area contributed by atoms with Crippen LogP contribution in [0, 0.1) is 12.8 Å². The summed E-state index contributed by atoms with van der Waals surface area (Å²) in [5, 5.41) is 4.32. The SMILES string of the molecule is Cc1cnn(CCN2CCC(CCN)CC2)c1. The molecule has 4 nitrogen and oxygen atoms in total. The van der Waals surface area contributed by atoms with Crippen LogP contribution >= 0.6 is 0 Å². The first-order valence-corrected chi connectivity index (χ1v) is 6.69. The third-order valence-corrected chi connectivity index (χ3v) is 3.69. The molecule has 1 saturated heterocycles. The minimum atomic E-state index is 0.844. The molecule has 0 unspecified atom stereocenters. The molecule has 17 heavy (non-hydrogen) atoms. The molecular formula is C13H24N4. The Morgan fingerprint density at radius 2 is 2.12 bits per heavy atom. The van der Waals surface area contributed by atoms with Crippen LogP contribution in [-0.2, 0) is 6.54 Å². The minimum Gasteiger partial charge on any atom is -0.330 e. The zero-order chi connectivity index (χ0) is 12.1. The summed E-state index contributed by atoms with van der Waals surface area (Å²) in [6, 6.07) is 0. The molecule has 0 bridgehead atoms. The van der Waals surface area contributed by atoms with Crippen molar-refractivity contribution < 1.29 is 0 Å². The quantitative estimate of drug-likeness (QED) is 0.837. The van der Waals surface area contributed by atoms with Gasteiger partial charge in [-0.05, 0) is 57.3 Å². The van der Waals surface area contributed by atoms with Crippen LogP contribution in [0.5, 0.6) is 0 Å². The number of nitrogens with zero attached hydrogens (tertiary/aromatic N) is 3. The topological polar surface area (TPSA) is 47.1 Å². The highest BCUT2D eigenvalue weighted by Gasteiger charge is 2.17. The predicted octanol–water partition coefficient (Wildman–Crippen LogP) is 1.25. The fourth-order valence-corrected chi connectivity index (χ4v) is 2.57. The van der Waals surface area contributed by atoms with Crippen molar-refractivity contribution in [3.63, 3.8) is 0 Å². The first-order valence-electron chi connectivity index (χ1n) is 6.69. The summed E-state index contributed by atoms with van der Waals surface area (Å²) in [5.74, 6) is 0.864. The van der Waals surface area contributed by atoms with Gasteiger partial charge in [0.05, 0.1) is 12.7 Å². The molecule has 0 amide bonds. The number of likely N-dealkylation sites (tertiary alicyclic amines) is 1. The summed E-state index contributed by atoms with van der Waals surface area (Å²) in [7, 11) is 0. The lowest BCUT2D eigenvalue weighted by Gasteiger charge is -2.31. The molecule has 0 radical (unpaired) electrons. The third-order valence-electron chi connectivity index (χ3n) is 3.69. The molecule has 0 saturated carbocycles. The van der Waals surface area contributed by atoms with Crippen LogP contribution < -0.4 is 5.73 Å². The number of hydrogen-bond acceptors (Lipinski definition) is 3. The molecule has 2 N–H and O–H groups in total. The summed E-state index contributed by atoms with van der Waals surface area (Å²) >= 11 is 0. The molecule has 4 heteroatoms. The highest BCUT2D eigenvalue weighted by atomic mass is 15.3. The number of rotatable bonds is 5. The van der Waals surface area contributed by atoms with Crippen molar-refractivity contribution in [2.24, 2.45) is 11.7 Å². The smallest absolute Gasteiger partial charge is 0.0536 e. The van der Waals surface area contributed by atoms with Crippen molar-refractivity contribution in [3.8, 4) is 0 Å². The minimum absolute atomic E-state index is 0.844. The van der Waals surface area contributed by atoms with E-state index in [1.54, 1.807) is 0 Å². The van der Waals surface area contributed by atoms with Crippen molar-refractivity contribution in [2.45, 2.75) is 32.7 Å². The largest absolute Gasteiger partial charge is 0.330 e. The van der Waals surface area contributed by atoms with Gasteiger partial charge in [-0.1, -0.05) is 0 Å². The Hall–Kier alpha value is -0.870. The van der Waals surface area contributed by atoms with E-state index in [1.165, 1.54) is 37.9 Å². The van der Waals surface area contributed by atoms with Gasteiger partial charge in [0.1, 0.15) is 0 Å². The maximum absolute atomic E-state index is 5.61. The standard InChI is InChI=1S/C13H24N4/c1-12-10-15-17(11-12)9-8-16-6-3-13(2-5-14)4-7-16/h10-11,13H,2-9,14H2,1H3. The predicted molar refractivity (Wildman–Crippen MR) is 69.8 cm³/mol. The van der Waals surface area contributed by atoms with E-state index in [0.29, 0.717) is 0 Å². The summed E-state index contributed by atoms with van der Waals surface area (Å²) in [6.07, 6.45) is 7.87. The molecular weight excluding hydrogens is 212 g/mol. The molecule has 0 spiro atoms. The number of hydrogen-bond donors (Lipinski definition) is 1. The average Bonchev–Trinajstić information content (AvgIpc) is 2.75. The average molecular weight is 236 g/mol. The van der Waals surface area contributed by atoms with Gasteiger partial charge in [0, 0.05) is 12.7 Å². The van der Waals surface area contributed by atoms with Gasteiger partial charge < -0.3 is 10.6 Å². The van der Waals surface area contributed by atoms with Gasteiger partial charge in [0.2, 0.25) is 0 Å². The Bertz CT molecular complexity index is 326. The van der Waals surface area contributed by atoms with E-state index in [4.69, 9.17) is 5.73 Å². The molecule has 1 aliphatic rings. The van der Waals surface area contributed by atoms with Crippen molar-refractivity contribution in [1.29, 1.82) is 0 Å². The summed E-state index contributed by atoms with van der Waals surface area (Å²) in [6.45, 7) is 7.51. The number of nitrogens with two attached hydrogens (primary N) is 1. The van der Waals surface area contributed by atoms with Gasteiger partial charge in [-0.15, -0.1) is 0 Å². The fourth-order valence-electron chi connectivity index (χ4n) is 2.57. The second kappa shape index (κ2) is 6.17. The fraction of sp³-hybridized carbons (Fsp3) is 0.769. The van der Waals surface area contributed by atoms with Crippen molar-refractivity contribution in [2.75, 3.05) is 26.2 Å². The van der Waals surface area contributed by atoms with E-state index >= 15 is 0 Å². The van der Waals surface area contributed by atoms with E-state index in [0.717, 1.165) is 25.6 Å². The first kappa shape index (κ1) is 12.6. The van der Waals surface area contributed by atoms with Crippen LogP contribution in [-0.4, -0.2) is 40.9 Å². The summed E-state index contributed by atoms with van der Waals surface area (Å²) < 4.78 is 2.04. The zero-order valence-electron chi connectivity index (χ0n) is 10.8. The number of aryl methyl sites for hydroxylation is 1. The van der Waals surface area contributed by atoms with E-state index in [-0.39, 0.29) is 0 Å². The van der Waals surface area contributed by atoms with Crippen LogP contribution in [0.1, 0.15) is 24.8 Å². The highest BCUT2D eigenvalue weighted by molar-refractivity contribution is 4.99. The Labute approximate surface area is 104 Å². The second-order valence-corrected chi connectivity index (χ2v) is 5.14. The molecule has 2 heterocycles. The normalized spacial score (nSPS) is 18.7. The highest BCUT2D eigenvalue weighted by Crippen LogP contribution is 2.19. The van der Waals surface area contributed by atoms with Crippen molar-refractivity contribution >= 4 is 0 Å². The lowest BCUT2D eigenvalue weighted by Crippen LogP contribution is -2.36. The molecule has 1 aromatic rings. The maximum atomic E-state index is 5.61. The Kier molecular flexibility index (Phi) is 4.57. The van der Waals surface area contributed by atoms with Crippen LogP contribution in [0.25, 0.3) is 0 Å². The van der Waals surface area contributed by atoms with Crippen LogP contribution in [0.4, 0.5) is 0 Å². The summed E-state index contributed by atoms with van der Waals surface area (Å²) in [4.78, 5) is 2.55. The zero-order valence-corrected chi connectivity index (χ0v) is 10.8. The van der Waals surface area contributed by atoms with Gasteiger partial charge in [-0.2, -0.15) is 5.10 Å². The van der Waals surface area contributed by atoms with E-state index in [9.17, 15) is 0 Å². The van der Waals surface area contributed by atoms with Crippen LogP contribution in [0.15, 0.2) is 12.4 Å². The number of aromatic nitrogens is 2. The van der Waals surface area contributed by atoms with Gasteiger partial charge in [-0.3, -0.25) is 4.68 Å². The molecule has 2 rings (SSSR count). The van der Waals surface area contributed by atoms with Crippen molar-refractivity contribution in [3.05, 3.63) is 18.0 Å². The lowest BCUT2D eigenvalue weighted by atomic mass is 9.94. The third kappa shape index (κ3) is 3.82. The first-order chi connectivity index (χ1) is 8.28. The van der Waals surface area contributed by atoms with Gasteiger partial charge in [0.15, 0.2) is 0 Å². The maximum Gasteiger partial charge on any atom is 0.0536 e. The van der Waals surface area contributed by atoms with E-state index in [2.05, 4.69) is 23.1 Å². The lowest BCUT2D eigenvalue weighted by molar-refractivity contribution is 0.173. The van der Waals surface area contributed by atoms with E-state index < -0.39 is 0 Å². The Morgan fingerprint density at radius 1 is 1.35 bits per heavy atom. The molecule has 0 atom stereocenters. The molecule has 1 aliphatic heterocycles. The van der Waals surface area contributed by atoms with Gasteiger partial charge in [0.25, 0.3) is 0 Å². The Morgan fingerprint density at radius 3 is 2.71 bits per heavy atom. The molecule has 96 valence electrons. The van der Waals surface area contributed by atoms with Gasteiger partial charge in [-0.25, -0.2) is 0 Å². The van der Waals surface area contributed by atoms with Crippen LogP contribution in [0.3, 0.4) is 0 Å². The molecule has 0 aromatic carbocycles. The second-order valence-electron chi connectivity index (χ2n) is 5.14. The summed E-state index contributed by atoms with van der Waals surface area (Å²) in [5.41, 5.74) is 6.85. The van der Waals surface area contributed by atoms with Crippen molar-refractivity contribution in [1.82, 2.24) is 14.7 Å².